The zero-order chi connectivity index (χ0) is 21.1. The minimum Gasteiger partial charge on any atom is -0.318 e. The van der Waals surface area contributed by atoms with E-state index >= 15 is 0 Å². The molecule has 1 aromatic heterocycles. The number of aryl methyl sites for hydroxylation is 1. The average Bonchev–Trinajstić information content (AvgIpc) is 2.97. The van der Waals surface area contributed by atoms with E-state index < -0.39 is 11.7 Å². The number of carbonyl (C=O) groups excluding carboxylic acids is 1. The summed E-state index contributed by atoms with van der Waals surface area (Å²) >= 11 is 6.25. The molecule has 3 aromatic rings. The molecule has 0 fully saturated rings. The number of hydrogen-bond acceptors (Lipinski definition) is 3. The normalized spacial score (nSPS) is 10.9. The highest BCUT2D eigenvalue weighted by molar-refractivity contribution is 6.31. The van der Waals surface area contributed by atoms with Crippen LogP contribution in [0.1, 0.15) is 38.4 Å². The van der Waals surface area contributed by atoms with Gasteiger partial charge in [-0.25, -0.2) is 9.82 Å². The number of carbonyl (C=O) groups is 1. The number of nitriles is 1. The number of hydrogen-bond donors (Lipinski definition) is 1. The molecule has 0 unspecified atom stereocenters. The van der Waals surface area contributed by atoms with Crippen LogP contribution in [0.2, 0.25) is 5.02 Å². The van der Waals surface area contributed by atoms with Gasteiger partial charge in [0.15, 0.2) is 0 Å². The number of rotatable bonds is 4. The Morgan fingerprint density at radius 2 is 2.00 bits per heavy atom. The molecule has 1 N–H and O–H groups in total. The molecule has 0 aliphatic carbocycles. The Morgan fingerprint density at radius 3 is 2.69 bits per heavy atom. The summed E-state index contributed by atoms with van der Waals surface area (Å²) in [5.74, 6) is -1.46. The summed E-state index contributed by atoms with van der Waals surface area (Å²) in [5, 5.41) is 13.4. The van der Waals surface area contributed by atoms with Gasteiger partial charge in [-0.1, -0.05) is 17.7 Å². The molecular formula is C22H18ClFN4O. The van der Waals surface area contributed by atoms with Crippen molar-refractivity contribution in [2.45, 2.75) is 20.8 Å². The van der Waals surface area contributed by atoms with Crippen molar-refractivity contribution in [1.82, 2.24) is 9.99 Å². The van der Waals surface area contributed by atoms with Crippen molar-refractivity contribution in [3.05, 3.63) is 86.9 Å². The number of benzene rings is 2. The lowest BCUT2D eigenvalue weighted by Gasteiger charge is -2.13. The topological polar surface area (TPSA) is 70.2 Å². The maximum Gasteiger partial charge on any atom is 0.274 e. The van der Waals surface area contributed by atoms with Crippen LogP contribution in [0.3, 0.4) is 0 Å². The molecule has 3 rings (SSSR count). The van der Waals surface area contributed by atoms with Gasteiger partial charge in [-0.05, 0) is 62.7 Å². The van der Waals surface area contributed by atoms with Crippen molar-refractivity contribution in [2.24, 2.45) is 5.10 Å². The summed E-state index contributed by atoms with van der Waals surface area (Å²) < 4.78 is 16.0. The lowest BCUT2D eigenvalue weighted by atomic mass is 10.1. The summed E-state index contributed by atoms with van der Waals surface area (Å²) in [6, 6.07) is 13.1. The van der Waals surface area contributed by atoms with E-state index in [1.54, 1.807) is 0 Å². The van der Waals surface area contributed by atoms with Gasteiger partial charge in [0, 0.05) is 27.7 Å². The van der Waals surface area contributed by atoms with Gasteiger partial charge in [0.1, 0.15) is 5.82 Å². The second-order valence-electron chi connectivity index (χ2n) is 6.55. The van der Waals surface area contributed by atoms with Crippen molar-refractivity contribution >= 4 is 23.7 Å². The fourth-order valence-electron chi connectivity index (χ4n) is 3.12. The van der Waals surface area contributed by atoms with Crippen molar-refractivity contribution in [3.63, 3.8) is 0 Å². The Morgan fingerprint density at radius 1 is 1.24 bits per heavy atom. The minimum atomic E-state index is -0.772. The highest BCUT2D eigenvalue weighted by Crippen LogP contribution is 2.26. The standard InChI is InChI=1S/C22H18ClFN4O/c1-13-9-17(15(3)28(13)21-6-4-5-19(23)14(21)2)12-26-27-22(29)18-8-7-16(11-25)10-20(18)24/h4-10,12H,1-3H3,(H,27,29)/b26-12-. The fraction of sp³-hybridized carbons (Fsp3) is 0.136. The molecule has 7 heteroatoms. The van der Waals surface area contributed by atoms with Crippen molar-refractivity contribution < 1.29 is 9.18 Å². The van der Waals surface area contributed by atoms with Gasteiger partial charge in [-0.15, -0.1) is 0 Å². The van der Waals surface area contributed by atoms with Gasteiger partial charge >= 0.3 is 0 Å². The Balaban J connectivity index is 1.83. The molecule has 0 saturated carbocycles. The quantitative estimate of drug-likeness (QED) is 0.496. The molecule has 0 atom stereocenters. The van der Waals surface area contributed by atoms with Crippen LogP contribution < -0.4 is 5.43 Å². The Hall–Kier alpha value is -3.43. The molecule has 1 amide bonds. The lowest BCUT2D eigenvalue weighted by Crippen LogP contribution is -2.19. The third-order valence-electron chi connectivity index (χ3n) is 4.66. The van der Waals surface area contributed by atoms with Crippen LogP contribution in [0.15, 0.2) is 47.6 Å². The first-order chi connectivity index (χ1) is 13.8. The maximum atomic E-state index is 13.9. The predicted molar refractivity (Wildman–Crippen MR) is 111 cm³/mol. The van der Waals surface area contributed by atoms with E-state index in [9.17, 15) is 9.18 Å². The highest BCUT2D eigenvalue weighted by Gasteiger charge is 2.14. The first-order valence-electron chi connectivity index (χ1n) is 8.81. The summed E-state index contributed by atoms with van der Waals surface area (Å²) in [6.07, 6.45) is 1.51. The van der Waals surface area contributed by atoms with Crippen LogP contribution in [0.25, 0.3) is 5.69 Å². The van der Waals surface area contributed by atoms with Crippen LogP contribution in [-0.4, -0.2) is 16.7 Å². The average molecular weight is 409 g/mol. The molecule has 0 bridgehead atoms. The van der Waals surface area contributed by atoms with Crippen molar-refractivity contribution in [2.75, 3.05) is 0 Å². The molecule has 2 aromatic carbocycles. The summed E-state index contributed by atoms with van der Waals surface area (Å²) in [5.41, 5.74) is 6.93. The molecule has 0 aliphatic heterocycles. The number of hydrazone groups is 1. The largest absolute Gasteiger partial charge is 0.318 e. The molecule has 5 nitrogen and oxygen atoms in total. The number of amides is 1. The molecule has 0 saturated heterocycles. The lowest BCUT2D eigenvalue weighted by molar-refractivity contribution is 0.0951. The number of aromatic nitrogens is 1. The second-order valence-corrected chi connectivity index (χ2v) is 6.96. The maximum absolute atomic E-state index is 13.9. The van der Waals surface area contributed by atoms with E-state index in [4.69, 9.17) is 16.9 Å². The first kappa shape index (κ1) is 20.3. The molecule has 29 heavy (non-hydrogen) atoms. The van der Waals surface area contributed by atoms with Crippen LogP contribution in [0.5, 0.6) is 0 Å². The smallest absolute Gasteiger partial charge is 0.274 e. The molecule has 0 spiro atoms. The minimum absolute atomic E-state index is 0.145. The molecule has 0 radical (unpaired) electrons. The number of nitrogens with one attached hydrogen (secondary N) is 1. The molecular weight excluding hydrogens is 391 g/mol. The SMILES string of the molecule is Cc1c(Cl)cccc1-n1c(C)cc(/C=N\NC(=O)c2ccc(C#N)cc2F)c1C. The highest BCUT2D eigenvalue weighted by atomic mass is 35.5. The number of nitrogens with zero attached hydrogens (tertiary/aromatic N) is 3. The Labute approximate surface area is 173 Å². The van der Waals surface area contributed by atoms with Crippen molar-refractivity contribution in [3.8, 4) is 11.8 Å². The van der Waals surface area contributed by atoms with Gasteiger partial charge in [-0.2, -0.15) is 10.4 Å². The van der Waals surface area contributed by atoms with Crippen LogP contribution in [-0.2, 0) is 0 Å². The van der Waals surface area contributed by atoms with E-state index in [1.807, 2.05) is 51.1 Å². The number of halogens is 2. The van der Waals surface area contributed by atoms with Crippen molar-refractivity contribution in [1.29, 1.82) is 5.26 Å². The van der Waals surface area contributed by atoms with E-state index in [-0.39, 0.29) is 11.1 Å². The summed E-state index contributed by atoms with van der Waals surface area (Å²) in [4.78, 5) is 12.1. The van der Waals surface area contributed by atoms with E-state index in [1.165, 1.54) is 18.3 Å². The van der Waals surface area contributed by atoms with Crippen LogP contribution in [0, 0.1) is 37.9 Å². The predicted octanol–water partition coefficient (Wildman–Crippen LogP) is 4.83. The van der Waals surface area contributed by atoms with Crippen LogP contribution in [0.4, 0.5) is 4.39 Å². The summed E-state index contributed by atoms with van der Waals surface area (Å²) in [7, 11) is 0. The second kappa shape index (κ2) is 8.29. The van der Waals surface area contributed by atoms with Gasteiger partial charge in [0.2, 0.25) is 0 Å². The fourth-order valence-corrected chi connectivity index (χ4v) is 3.29. The molecule has 0 aliphatic rings. The Kier molecular flexibility index (Phi) is 5.81. The first-order valence-corrected chi connectivity index (χ1v) is 9.18. The van der Waals surface area contributed by atoms with Gasteiger partial charge in [0.05, 0.1) is 23.4 Å². The van der Waals surface area contributed by atoms with Gasteiger partial charge in [-0.3, -0.25) is 4.79 Å². The van der Waals surface area contributed by atoms with Gasteiger partial charge in [0.25, 0.3) is 5.91 Å². The van der Waals surface area contributed by atoms with E-state index in [0.29, 0.717) is 5.02 Å². The third kappa shape index (κ3) is 4.05. The monoisotopic (exact) mass is 408 g/mol. The molecule has 146 valence electrons. The Bertz CT molecular complexity index is 1170. The zero-order valence-electron chi connectivity index (χ0n) is 16.1. The summed E-state index contributed by atoms with van der Waals surface area (Å²) in [6.45, 7) is 5.86. The zero-order valence-corrected chi connectivity index (χ0v) is 16.9. The third-order valence-corrected chi connectivity index (χ3v) is 5.07. The van der Waals surface area contributed by atoms with Gasteiger partial charge < -0.3 is 4.57 Å². The van der Waals surface area contributed by atoms with E-state index in [0.717, 1.165) is 34.3 Å². The molecule has 1 heterocycles. The van der Waals surface area contributed by atoms with Crippen LogP contribution >= 0.6 is 11.6 Å². The van der Waals surface area contributed by atoms with E-state index in [2.05, 4.69) is 15.1 Å².